The molecule has 0 unspecified atom stereocenters. The molecule has 1 heterocycles. The van der Waals surface area contributed by atoms with Gasteiger partial charge in [-0.15, -0.1) is 0 Å². The van der Waals surface area contributed by atoms with Crippen molar-refractivity contribution in [3.63, 3.8) is 0 Å². The van der Waals surface area contributed by atoms with Gasteiger partial charge in [0.2, 0.25) is 0 Å². The van der Waals surface area contributed by atoms with Crippen LogP contribution in [-0.2, 0) is 11.2 Å². The maximum Gasteiger partial charge on any atom is 0.466 e. The summed E-state index contributed by atoms with van der Waals surface area (Å²) in [5, 5.41) is 27.8. The molecule has 11 heteroatoms. The summed E-state index contributed by atoms with van der Waals surface area (Å²) in [4.78, 5) is 27.4. The Balaban J connectivity index is 0.00000172. The lowest BCUT2D eigenvalue weighted by atomic mass is 10.0. The molecule has 0 spiro atoms. The predicted molar refractivity (Wildman–Crippen MR) is 152 cm³/mol. The van der Waals surface area contributed by atoms with E-state index in [1.54, 1.807) is 0 Å². The molecule has 0 aliphatic carbocycles. The van der Waals surface area contributed by atoms with Crippen LogP contribution < -0.4 is 15.4 Å². The number of guanidine groups is 1. The van der Waals surface area contributed by atoms with Crippen LogP contribution in [0.1, 0.15) is 33.3 Å². The standard InChI is InChI=1S/C24H32N6O4.C2H6.CH2O/c1-18(28-19(2)23(31)15-34-22-6-4-3-5-7-22)14-20-8-10-21(11-9-20)25-12-13-29-16-26-24(27-17-29)30(32)33;2*1-2/h3-11,16,18-19,23,25,28,31H,12-15,17H2,1-2H3;1-2H3;1H2/t18-,19+,23+;;/m0../s1. The van der Waals surface area contributed by atoms with Crippen LogP contribution in [0.5, 0.6) is 5.75 Å². The Bertz CT molecular complexity index is 987. The second-order valence-electron chi connectivity index (χ2n) is 8.29. The van der Waals surface area contributed by atoms with E-state index in [4.69, 9.17) is 9.53 Å². The van der Waals surface area contributed by atoms with E-state index < -0.39 is 11.0 Å². The van der Waals surface area contributed by atoms with Crippen LogP contribution >= 0.6 is 0 Å². The van der Waals surface area contributed by atoms with Gasteiger partial charge in [0, 0.05) is 30.9 Å². The smallest absolute Gasteiger partial charge is 0.466 e. The highest BCUT2D eigenvalue weighted by molar-refractivity contribution is 5.82. The van der Waals surface area contributed by atoms with Crippen molar-refractivity contribution in [3.8, 4) is 5.75 Å². The second kappa shape index (κ2) is 18.4. The fraction of sp³-hybridized carbons (Fsp3) is 0.444. The molecule has 1 aliphatic rings. The van der Waals surface area contributed by atoms with Crippen LogP contribution in [0, 0.1) is 10.1 Å². The number of benzene rings is 2. The first kappa shape index (κ1) is 32.2. The zero-order chi connectivity index (χ0) is 28.3. The van der Waals surface area contributed by atoms with Gasteiger partial charge in [0.25, 0.3) is 0 Å². The van der Waals surface area contributed by atoms with Crippen LogP contribution in [0.15, 0.2) is 64.6 Å². The first-order chi connectivity index (χ1) is 18.4. The van der Waals surface area contributed by atoms with Gasteiger partial charge < -0.3 is 40.3 Å². The number of para-hydroxylation sites is 1. The van der Waals surface area contributed by atoms with E-state index >= 15 is 0 Å². The van der Waals surface area contributed by atoms with Gasteiger partial charge in [0.15, 0.2) is 13.0 Å². The Labute approximate surface area is 224 Å². The second-order valence-corrected chi connectivity index (χ2v) is 8.29. The molecule has 3 rings (SSSR count). The van der Waals surface area contributed by atoms with Crippen LogP contribution in [0.25, 0.3) is 0 Å². The molecule has 0 fully saturated rings. The van der Waals surface area contributed by atoms with Gasteiger partial charge in [-0.2, -0.15) is 0 Å². The molecule has 3 atom stereocenters. The van der Waals surface area contributed by atoms with Crippen LogP contribution in [-0.4, -0.2) is 78.6 Å². The van der Waals surface area contributed by atoms with Crippen LogP contribution in [0.2, 0.25) is 0 Å². The molecule has 208 valence electrons. The zero-order valence-corrected chi connectivity index (χ0v) is 22.6. The van der Waals surface area contributed by atoms with Crippen molar-refractivity contribution in [1.29, 1.82) is 0 Å². The van der Waals surface area contributed by atoms with E-state index in [-0.39, 0.29) is 31.3 Å². The van der Waals surface area contributed by atoms with E-state index in [1.807, 2.05) is 74.9 Å². The number of nitrogens with zero attached hydrogens (tertiary/aromatic N) is 4. The maximum absolute atomic E-state index is 10.6. The Morgan fingerprint density at radius 2 is 1.79 bits per heavy atom. The van der Waals surface area contributed by atoms with Crippen molar-refractivity contribution >= 4 is 24.8 Å². The number of nitro groups is 1. The molecule has 11 nitrogen and oxygen atoms in total. The first-order valence-electron chi connectivity index (χ1n) is 12.6. The SMILES string of the molecule is C=O.CC.C[C@@H](Cc1ccc(NCCN2C=NC([N+](=O)[O-])=NC2)cc1)N[C@H](C)[C@H](O)COc1ccccc1. The molecular formula is C27H40N6O5. The molecule has 38 heavy (non-hydrogen) atoms. The summed E-state index contributed by atoms with van der Waals surface area (Å²) in [6, 6.07) is 17.8. The number of rotatable bonds is 12. The minimum atomic E-state index is -0.615. The molecule has 0 aromatic heterocycles. The molecule has 0 amide bonds. The molecule has 0 saturated heterocycles. The van der Waals surface area contributed by atoms with Crippen molar-refractivity contribution in [1.82, 2.24) is 10.2 Å². The van der Waals surface area contributed by atoms with Gasteiger partial charge in [-0.3, -0.25) is 0 Å². The fourth-order valence-corrected chi connectivity index (χ4v) is 3.52. The molecule has 2 aromatic carbocycles. The predicted octanol–water partition coefficient (Wildman–Crippen LogP) is 3.22. The number of aliphatic imine (C=N–C) groups is 2. The van der Waals surface area contributed by atoms with Gasteiger partial charge >= 0.3 is 5.96 Å². The Kier molecular flexibility index (Phi) is 15.6. The first-order valence-corrected chi connectivity index (χ1v) is 12.6. The third kappa shape index (κ3) is 11.9. The van der Waals surface area contributed by atoms with E-state index in [0.29, 0.717) is 13.1 Å². The fourth-order valence-electron chi connectivity index (χ4n) is 3.52. The molecule has 3 N–H and O–H groups in total. The third-order valence-corrected chi connectivity index (χ3v) is 5.41. The number of carbonyl (C=O) groups excluding carboxylic acids is 1. The quantitative estimate of drug-likeness (QED) is 0.282. The Morgan fingerprint density at radius 3 is 2.37 bits per heavy atom. The minimum absolute atomic E-state index is 0.108. The van der Waals surface area contributed by atoms with E-state index in [9.17, 15) is 15.2 Å². The summed E-state index contributed by atoms with van der Waals surface area (Å²) >= 11 is 0. The summed E-state index contributed by atoms with van der Waals surface area (Å²) in [5.41, 5.74) is 2.19. The zero-order valence-electron chi connectivity index (χ0n) is 22.6. The highest BCUT2D eigenvalue weighted by atomic mass is 16.6. The molecule has 2 aromatic rings. The van der Waals surface area contributed by atoms with Crippen LogP contribution in [0.3, 0.4) is 0 Å². The van der Waals surface area contributed by atoms with Gasteiger partial charge in [0.05, 0.1) is 0 Å². The van der Waals surface area contributed by atoms with Crippen molar-refractivity contribution < 1.29 is 19.6 Å². The minimum Gasteiger partial charge on any atom is -0.491 e. The molecule has 0 saturated carbocycles. The Hall–Kier alpha value is -3.83. The molecule has 0 bridgehead atoms. The number of ether oxygens (including phenoxy) is 1. The number of hydrogen-bond donors (Lipinski definition) is 3. The lowest BCUT2D eigenvalue weighted by molar-refractivity contribution is -0.352. The summed E-state index contributed by atoms with van der Waals surface area (Å²) in [6.07, 6.45) is 1.67. The topological polar surface area (TPSA) is 142 Å². The highest BCUT2D eigenvalue weighted by Crippen LogP contribution is 2.13. The summed E-state index contributed by atoms with van der Waals surface area (Å²) in [6.45, 7) is 11.8. The number of aliphatic hydroxyl groups excluding tert-OH is 1. The number of hydrogen-bond acceptors (Lipinski definition) is 10. The van der Waals surface area contributed by atoms with Gasteiger partial charge in [-0.25, -0.2) is 0 Å². The lowest BCUT2D eigenvalue weighted by Crippen LogP contribution is -2.45. The van der Waals surface area contributed by atoms with Crippen molar-refractivity contribution in [2.24, 2.45) is 9.98 Å². The van der Waals surface area contributed by atoms with E-state index in [1.165, 1.54) is 11.9 Å². The average Bonchev–Trinajstić information content (AvgIpc) is 2.95. The molecule has 0 radical (unpaired) electrons. The van der Waals surface area contributed by atoms with Gasteiger partial charge in [0.1, 0.15) is 25.2 Å². The number of aliphatic hydroxyl groups is 1. The van der Waals surface area contributed by atoms with Gasteiger partial charge in [-0.1, -0.05) is 54.2 Å². The van der Waals surface area contributed by atoms with Crippen LogP contribution in [0.4, 0.5) is 5.69 Å². The summed E-state index contributed by atoms with van der Waals surface area (Å²) < 4.78 is 5.65. The third-order valence-electron chi connectivity index (χ3n) is 5.41. The normalized spacial score (nSPS) is 14.4. The summed E-state index contributed by atoms with van der Waals surface area (Å²) in [5.74, 6) is 0.393. The number of nitrogens with one attached hydrogen (secondary N) is 2. The highest BCUT2D eigenvalue weighted by Gasteiger charge is 2.18. The van der Waals surface area contributed by atoms with E-state index in [2.05, 4.69) is 39.7 Å². The summed E-state index contributed by atoms with van der Waals surface area (Å²) in [7, 11) is 0. The molecule has 1 aliphatic heterocycles. The molecular weight excluding hydrogens is 488 g/mol. The maximum atomic E-state index is 10.6. The van der Waals surface area contributed by atoms with Crippen molar-refractivity contribution in [3.05, 3.63) is 70.3 Å². The van der Waals surface area contributed by atoms with E-state index in [0.717, 1.165) is 17.9 Å². The number of carbonyl (C=O) groups is 1. The Morgan fingerprint density at radius 1 is 1.13 bits per heavy atom. The largest absolute Gasteiger partial charge is 0.491 e. The lowest BCUT2D eigenvalue weighted by Gasteiger charge is -2.24. The average molecular weight is 529 g/mol. The van der Waals surface area contributed by atoms with Crippen molar-refractivity contribution in [2.75, 3.05) is 31.7 Å². The number of anilines is 1. The van der Waals surface area contributed by atoms with Gasteiger partial charge in [-0.05, 0) is 55.0 Å². The van der Waals surface area contributed by atoms with Crippen molar-refractivity contribution in [2.45, 2.75) is 52.3 Å². The monoisotopic (exact) mass is 528 g/mol.